The molecule has 2 aromatic heterocycles. The van der Waals surface area contributed by atoms with Crippen molar-refractivity contribution in [2.24, 2.45) is 0 Å². The SMILES string of the molecule is CCCCC(=O)N(Cc1ccc(-c2cc(-c3cc(C)ccn3)ccc2-c2nn[nH]n2)cc1)C1(C(=O)O)CCCCC1. The summed E-state index contributed by atoms with van der Waals surface area (Å²) in [7, 11) is 0. The number of nitrogens with zero attached hydrogens (tertiary/aromatic N) is 5. The molecular weight excluding hydrogens is 516 g/mol. The van der Waals surface area contributed by atoms with E-state index in [0.717, 1.165) is 71.2 Å². The first-order chi connectivity index (χ1) is 19.9. The summed E-state index contributed by atoms with van der Waals surface area (Å²) in [5.41, 5.74) is 5.39. The van der Waals surface area contributed by atoms with E-state index in [9.17, 15) is 14.7 Å². The van der Waals surface area contributed by atoms with Gasteiger partial charge in [0.1, 0.15) is 5.54 Å². The number of tetrazole rings is 1. The number of rotatable bonds is 10. The van der Waals surface area contributed by atoms with Gasteiger partial charge in [-0.2, -0.15) is 5.21 Å². The molecule has 0 bridgehead atoms. The summed E-state index contributed by atoms with van der Waals surface area (Å²) in [6, 6.07) is 18.0. The average molecular weight is 553 g/mol. The Labute approximate surface area is 240 Å². The smallest absolute Gasteiger partial charge is 0.329 e. The molecule has 4 aromatic rings. The van der Waals surface area contributed by atoms with Gasteiger partial charge in [0.25, 0.3) is 0 Å². The van der Waals surface area contributed by atoms with E-state index in [-0.39, 0.29) is 12.5 Å². The molecule has 1 aliphatic rings. The Morgan fingerprint density at radius 2 is 1.73 bits per heavy atom. The quantitative estimate of drug-likeness (QED) is 0.240. The molecule has 2 heterocycles. The lowest BCUT2D eigenvalue weighted by Gasteiger charge is -2.43. The Balaban J connectivity index is 1.50. The summed E-state index contributed by atoms with van der Waals surface area (Å²) in [6.45, 7) is 4.34. The molecule has 0 spiro atoms. The van der Waals surface area contributed by atoms with Crippen molar-refractivity contribution in [2.45, 2.75) is 77.3 Å². The number of carbonyl (C=O) groups is 2. The van der Waals surface area contributed by atoms with E-state index in [0.29, 0.717) is 25.1 Å². The molecule has 0 saturated heterocycles. The van der Waals surface area contributed by atoms with Gasteiger partial charge in [-0.1, -0.05) is 62.9 Å². The molecule has 2 aromatic carbocycles. The minimum absolute atomic E-state index is 0.0852. The zero-order valence-corrected chi connectivity index (χ0v) is 23.6. The van der Waals surface area contributed by atoms with Crippen LogP contribution in [0.2, 0.25) is 0 Å². The molecule has 0 atom stereocenters. The maximum absolute atomic E-state index is 13.4. The maximum atomic E-state index is 13.4. The molecule has 41 heavy (non-hydrogen) atoms. The predicted octanol–water partition coefficient (Wildman–Crippen LogP) is 6.21. The van der Waals surface area contributed by atoms with Gasteiger partial charge in [-0.25, -0.2) is 4.79 Å². The molecule has 212 valence electrons. The van der Waals surface area contributed by atoms with Crippen LogP contribution in [0.1, 0.15) is 69.4 Å². The fraction of sp³-hybridized carbons (Fsp3) is 0.375. The van der Waals surface area contributed by atoms with Crippen LogP contribution in [-0.2, 0) is 16.1 Å². The lowest BCUT2D eigenvalue weighted by Crippen LogP contribution is -2.57. The summed E-state index contributed by atoms with van der Waals surface area (Å²) in [6.07, 6.45) is 7.40. The number of hydrogen-bond acceptors (Lipinski definition) is 6. The Bertz CT molecular complexity index is 1490. The molecule has 2 N–H and O–H groups in total. The fourth-order valence-corrected chi connectivity index (χ4v) is 5.76. The molecule has 1 fully saturated rings. The molecule has 9 heteroatoms. The Hall–Kier alpha value is -4.40. The average Bonchev–Trinajstić information content (AvgIpc) is 3.54. The first kappa shape index (κ1) is 28.1. The maximum Gasteiger partial charge on any atom is 0.329 e. The van der Waals surface area contributed by atoms with E-state index in [1.165, 1.54) is 0 Å². The number of pyridine rings is 1. The van der Waals surface area contributed by atoms with Crippen molar-refractivity contribution in [1.82, 2.24) is 30.5 Å². The second-order valence-electron chi connectivity index (χ2n) is 10.9. The molecule has 0 unspecified atom stereocenters. The summed E-state index contributed by atoms with van der Waals surface area (Å²) in [5, 5.41) is 25.0. The highest BCUT2D eigenvalue weighted by Crippen LogP contribution is 2.37. The molecular formula is C32H36N6O3. The van der Waals surface area contributed by atoms with Crippen LogP contribution in [0.4, 0.5) is 0 Å². The van der Waals surface area contributed by atoms with E-state index in [1.807, 2.05) is 62.4 Å². The van der Waals surface area contributed by atoms with Gasteiger partial charge in [0, 0.05) is 30.3 Å². The molecule has 0 aliphatic heterocycles. The largest absolute Gasteiger partial charge is 0.479 e. The summed E-state index contributed by atoms with van der Waals surface area (Å²) < 4.78 is 0. The normalized spacial score (nSPS) is 14.5. The molecule has 5 rings (SSSR count). The first-order valence-corrected chi connectivity index (χ1v) is 14.4. The van der Waals surface area contributed by atoms with Crippen molar-refractivity contribution in [1.29, 1.82) is 0 Å². The van der Waals surface area contributed by atoms with Gasteiger partial charge in [-0.3, -0.25) is 9.78 Å². The van der Waals surface area contributed by atoms with E-state index in [2.05, 4.69) is 31.7 Å². The van der Waals surface area contributed by atoms with E-state index >= 15 is 0 Å². The van der Waals surface area contributed by atoms with Crippen molar-refractivity contribution in [2.75, 3.05) is 0 Å². The lowest BCUT2D eigenvalue weighted by atomic mass is 9.79. The summed E-state index contributed by atoms with van der Waals surface area (Å²) in [4.78, 5) is 32.2. The minimum Gasteiger partial charge on any atom is -0.479 e. The number of H-pyrrole nitrogens is 1. The van der Waals surface area contributed by atoms with Crippen molar-refractivity contribution in [3.05, 3.63) is 71.9 Å². The summed E-state index contributed by atoms with van der Waals surface area (Å²) in [5.74, 6) is -0.496. The second-order valence-corrected chi connectivity index (χ2v) is 10.9. The number of carbonyl (C=O) groups excluding carboxylic acids is 1. The Morgan fingerprint density at radius 3 is 2.39 bits per heavy atom. The van der Waals surface area contributed by atoms with E-state index in [4.69, 9.17) is 0 Å². The van der Waals surface area contributed by atoms with Crippen LogP contribution in [-0.4, -0.2) is 53.0 Å². The molecule has 1 amide bonds. The van der Waals surface area contributed by atoms with Crippen LogP contribution >= 0.6 is 0 Å². The van der Waals surface area contributed by atoms with Crippen LogP contribution < -0.4 is 0 Å². The van der Waals surface area contributed by atoms with Crippen molar-refractivity contribution >= 4 is 11.9 Å². The van der Waals surface area contributed by atoms with Crippen molar-refractivity contribution < 1.29 is 14.7 Å². The second kappa shape index (κ2) is 12.4. The molecule has 1 saturated carbocycles. The van der Waals surface area contributed by atoms with Gasteiger partial charge in [0.2, 0.25) is 11.7 Å². The number of hydrogen-bond donors (Lipinski definition) is 2. The standard InChI is InChI=1S/C32H36N6O3/c1-3-4-8-29(39)38(32(31(40)41)16-6-5-7-17-32)21-23-9-11-24(12-10-23)27-20-25(28-19-22(2)15-18-33-28)13-14-26(27)30-34-36-37-35-30/h9-15,18-20H,3-8,16-17,21H2,1-2H3,(H,40,41)(H,34,35,36,37). The minimum atomic E-state index is -1.15. The van der Waals surface area contributed by atoms with Crippen LogP contribution in [0.3, 0.4) is 0 Å². The number of aliphatic carboxylic acids is 1. The number of aromatic nitrogens is 5. The van der Waals surface area contributed by atoms with E-state index < -0.39 is 11.5 Å². The predicted molar refractivity (Wildman–Crippen MR) is 157 cm³/mol. The highest BCUT2D eigenvalue weighted by molar-refractivity contribution is 5.87. The Kier molecular flexibility index (Phi) is 8.52. The first-order valence-electron chi connectivity index (χ1n) is 14.4. The van der Waals surface area contributed by atoms with Gasteiger partial charge in [-0.05, 0) is 77.9 Å². The number of benzene rings is 2. The topological polar surface area (TPSA) is 125 Å². The zero-order chi connectivity index (χ0) is 28.8. The third kappa shape index (κ3) is 6.04. The third-order valence-corrected chi connectivity index (χ3v) is 8.06. The number of aryl methyl sites for hydroxylation is 1. The number of amides is 1. The van der Waals surface area contributed by atoms with Crippen molar-refractivity contribution in [3.63, 3.8) is 0 Å². The monoisotopic (exact) mass is 552 g/mol. The van der Waals surface area contributed by atoms with Crippen LogP contribution in [0.5, 0.6) is 0 Å². The number of carboxylic acids is 1. The lowest BCUT2D eigenvalue weighted by molar-refractivity contribution is -0.163. The number of carboxylic acid groups (broad SMARTS) is 1. The van der Waals surface area contributed by atoms with Crippen LogP contribution in [0.15, 0.2) is 60.8 Å². The third-order valence-electron chi connectivity index (χ3n) is 8.06. The number of aromatic amines is 1. The van der Waals surface area contributed by atoms with Gasteiger partial charge >= 0.3 is 5.97 Å². The number of unbranched alkanes of at least 4 members (excludes halogenated alkanes) is 1. The van der Waals surface area contributed by atoms with Gasteiger partial charge < -0.3 is 10.0 Å². The molecule has 9 nitrogen and oxygen atoms in total. The van der Waals surface area contributed by atoms with Crippen LogP contribution in [0.25, 0.3) is 33.8 Å². The van der Waals surface area contributed by atoms with Gasteiger partial charge in [0.05, 0.1) is 5.69 Å². The van der Waals surface area contributed by atoms with Gasteiger partial charge in [0.15, 0.2) is 0 Å². The highest BCUT2D eigenvalue weighted by Gasteiger charge is 2.46. The summed E-state index contributed by atoms with van der Waals surface area (Å²) >= 11 is 0. The zero-order valence-electron chi connectivity index (χ0n) is 23.6. The fourth-order valence-electron chi connectivity index (χ4n) is 5.76. The van der Waals surface area contributed by atoms with Crippen molar-refractivity contribution in [3.8, 4) is 33.8 Å². The molecule has 0 radical (unpaired) electrons. The van der Waals surface area contributed by atoms with E-state index in [1.54, 1.807) is 11.1 Å². The number of nitrogens with one attached hydrogen (secondary N) is 1. The Morgan fingerprint density at radius 1 is 0.976 bits per heavy atom. The molecule has 1 aliphatic carbocycles. The highest BCUT2D eigenvalue weighted by atomic mass is 16.4. The van der Waals surface area contributed by atoms with Gasteiger partial charge in [-0.15, -0.1) is 10.2 Å². The van der Waals surface area contributed by atoms with Crippen LogP contribution in [0, 0.1) is 6.92 Å².